The molecule has 1 heterocycles. The van der Waals surface area contributed by atoms with Gasteiger partial charge in [-0.05, 0) is 67.3 Å². The number of phenols is 1. The van der Waals surface area contributed by atoms with E-state index in [4.69, 9.17) is 0 Å². The van der Waals surface area contributed by atoms with E-state index in [2.05, 4.69) is 15.6 Å². The van der Waals surface area contributed by atoms with E-state index in [1.165, 1.54) is 6.42 Å². The van der Waals surface area contributed by atoms with Crippen LogP contribution in [0, 0.1) is 6.92 Å². The van der Waals surface area contributed by atoms with Crippen molar-refractivity contribution in [2.45, 2.75) is 57.7 Å². The summed E-state index contributed by atoms with van der Waals surface area (Å²) in [6.07, 6.45) is 5.19. The number of rotatable bonds is 7. The number of aryl methyl sites for hydroxylation is 1. The summed E-state index contributed by atoms with van der Waals surface area (Å²) in [5, 5.41) is 21.5. The van der Waals surface area contributed by atoms with Gasteiger partial charge in [-0.15, -0.1) is 5.10 Å². The van der Waals surface area contributed by atoms with Gasteiger partial charge >= 0.3 is 0 Å². The van der Waals surface area contributed by atoms with Crippen molar-refractivity contribution in [3.63, 3.8) is 0 Å². The molecule has 37 heavy (non-hydrogen) atoms. The Labute approximate surface area is 215 Å². The van der Waals surface area contributed by atoms with E-state index in [9.17, 15) is 14.7 Å². The number of aromatic hydroxyl groups is 1. The van der Waals surface area contributed by atoms with E-state index in [1.54, 1.807) is 33.8 Å². The van der Waals surface area contributed by atoms with E-state index < -0.39 is 6.04 Å². The third kappa shape index (κ3) is 5.48. The highest BCUT2D eigenvalue weighted by atomic mass is 16.3. The van der Waals surface area contributed by atoms with Gasteiger partial charge in [-0.1, -0.05) is 60.9 Å². The van der Waals surface area contributed by atoms with Crippen LogP contribution in [-0.2, 0) is 16.1 Å². The number of fused-ring (bicyclic) bond motifs is 1. The van der Waals surface area contributed by atoms with Gasteiger partial charge in [0.1, 0.15) is 23.9 Å². The van der Waals surface area contributed by atoms with Crippen molar-refractivity contribution >= 4 is 28.5 Å². The zero-order valence-corrected chi connectivity index (χ0v) is 20.9. The summed E-state index contributed by atoms with van der Waals surface area (Å²) in [7, 11) is 0. The molecule has 1 unspecified atom stereocenters. The number of aromatic nitrogens is 3. The van der Waals surface area contributed by atoms with Gasteiger partial charge in [-0.25, -0.2) is 4.68 Å². The van der Waals surface area contributed by atoms with Crippen molar-refractivity contribution < 1.29 is 14.7 Å². The molecule has 1 aromatic heterocycles. The Kier molecular flexibility index (Phi) is 7.16. The lowest BCUT2D eigenvalue weighted by Crippen LogP contribution is -2.48. The number of benzene rings is 3. The molecule has 1 aliphatic rings. The zero-order chi connectivity index (χ0) is 25.8. The lowest BCUT2D eigenvalue weighted by atomic mass is 9.94. The third-order valence-corrected chi connectivity index (χ3v) is 6.92. The molecule has 2 N–H and O–H groups in total. The van der Waals surface area contributed by atoms with Gasteiger partial charge in [-0.2, -0.15) is 0 Å². The molecule has 8 nitrogen and oxygen atoms in total. The summed E-state index contributed by atoms with van der Waals surface area (Å²) in [5.74, 6) is -0.438. The van der Waals surface area contributed by atoms with E-state index in [1.807, 2.05) is 55.5 Å². The van der Waals surface area contributed by atoms with E-state index in [0.717, 1.165) is 36.8 Å². The molecule has 4 aromatic rings. The van der Waals surface area contributed by atoms with Gasteiger partial charge in [0.25, 0.3) is 0 Å². The maximum atomic E-state index is 14.1. The van der Waals surface area contributed by atoms with Crippen LogP contribution in [0.1, 0.15) is 49.3 Å². The van der Waals surface area contributed by atoms with Crippen molar-refractivity contribution in [3.05, 3.63) is 83.9 Å². The highest BCUT2D eigenvalue weighted by Crippen LogP contribution is 2.31. The van der Waals surface area contributed by atoms with Gasteiger partial charge in [0, 0.05) is 11.7 Å². The van der Waals surface area contributed by atoms with Gasteiger partial charge in [0.2, 0.25) is 11.8 Å². The van der Waals surface area contributed by atoms with Gasteiger partial charge in [0.05, 0.1) is 5.52 Å². The van der Waals surface area contributed by atoms with Gasteiger partial charge < -0.3 is 10.4 Å². The minimum Gasteiger partial charge on any atom is -0.508 e. The first-order valence-electron chi connectivity index (χ1n) is 12.8. The lowest BCUT2D eigenvalue weighted by molar-refractivity contribution is -0.127. The topological polar surface area (TPSA) is 100 Å². The van der Waals surface area contributed by atoms with Crippen molar-refractivity contribution in [1.82, 2.24) is 20.3 Å². The van der Waals surface area contributed by atoms with Crippen LogP contribution in [0.3, 0.4) is 0 Å². The van der Waals surface area contributed by atoms with Crippen molar-refractivity contribution in [2.24, 2.45) is 0 Å². The maximum absolute atomic E-state index is 14.1. The standard InChI is InChI=1S/C29H31N5O3/c1-20-8-7-11-23(18-20)34(27(36)19-33-26-13-6-5-12-25(26)31-32-33)28(21-14-16-24(35)17-15-21)29(37)30-22-9-3-2-4-10-22/h5-8,11-18,22,28,35H,2-4,9-10,19H2,1H3,(H,30,37). The number of hydrogen-bond acceptors (Lipinski definition) is 5. The number of carbonyl (C=O) groups excluding carboxylic acids is 2. The second-order valence-corrected chi connectivity index (χ2v) is 9.68. The van der Waals surface area contributed by atoms with Crippen LogP contribution < -0.4 is 10.2 Å². The summed E-state index contributed by atoms with van der Waals surface area (Å²) >= 11 is 0. The average Bonchev–Trinajstić information content (AvgIpc) is 3.31. The minimum atomic E-state index is -0.924. The molecule has 190 valence electrons. The molecule has 1 atom stereocenters. The Morgan fingerprint density at radius 3 is 2.54 bits per heavy atom. The first-order chi connectivity index (χ1) is 18.0. The van der Waals surface area contributed by atoms with Crippen LogP contribution in [0.2, 0.25) is 0 Å². The number of carbonyl (C=O) groups is 2. The number of para-hydroxylation sites is 1. The number of hydrogen-bond donors (Lipinski definition) is 2. The predicted molar refractivity (Wildman–Crippen MR) is 142 cm³/mol. The van der Waals surface area contributed by atoms with Crippen LogP contribution in [0.5, 0.6) is 5.75 Å². The summed E-state index contributed by atoms with van der Waals surface area (Å²) in [4.78, 5) is 29.5. The fourth-order valence-electron chi connectivity index (χ4n) is 5.05. The molecule has 1 aliphatic carbocycles. The normalized spacial score (nSPS) is 14.8. The number of nitrogens with zero attached hydrogens (tertiary/aromatic N) is 4. The van der Waals surface area contributed by atoms with E-state index in [0.29, 0.717) is 16.8 Å². The number of anilines is 1. The molecule has 0 spiro atoms. The molecule has 0 aliphatic heterocycles. The fourth-order valence-corrected chi connectivity index (χ4v) is 5.05. The average molecular weight is 498 g/mol. The predicted octanol–water partition coefficient (Wildman–Crippen LogP) is 4.67. The lowest BCUT2D eigenvalue weighted by Gasteiger charge is -2.33. The second-order valence-electron chi connectivity index (χ2n) is 9.68. The molecule has 0 radical (unpaired) electrons. The zero-order valence-electron chi connectivity index (χ0n) is 20.9. The summed E-state index contributed by atoms with van der Waals surface area (Å²) in [6.45, 7) is 1.87. The molecule has 0 saturated heterocycles. The third-order valence-electron chi connectivity index (χ3n) is 6.92. The van der Waals surface area contributed by atoms with Gasteiger partial charge in [0.15, 0.2) is 0 Å². The minimum absolute atomic E-state index is 0.0783. The van der Waals surface area contributed by atoms with Crippen LogP contribution in [0.15, 0.2) is 72.8 Å². The van der Waals surface area contributed by atoms with Crippen LogP contribution in [0.4, 0.5) is 5.69 Å². The van der Waals surface area contributed by atoms with E-state index in [-0.39, 0.29) is 30.2 Å². The smallest absolute Gasteiger partial charge is 0.249 e. The summed E-state index contributed by atoms with van der Waals surface area (Å²) < 4.78 is 1.56. The van der Waals surface area contributed by atoms with Crippen LogP contribution >= 0.6 is 0 Å². The quantitative estimate of drug-likeness (QED) is 0.387. The van der Waals surface area contributed by atoms with Crippen LogP contribution in [0.25, 0.3) is 11.0 Å². The largest absolute Gasteiger partial charge is 0.508 e. The SMILES string of the molecule is Cc1cccc(N(C(=O)Cn2nnc3ccccc32)C(C(=O)NC2CCCCC2)c2ccc(O)cc2)c1. The Bertz CT molecular complexity index is 1390. The molecule has 8 heteroatoms. The molecule has 0 bridgehead atoms. The summed E-state index contributed by atoms with van der Waals surface area (Å²) in [6, 6.07) is 20.7. The Balaban J connectivity index is 1.56. The molecule has 5 rings (SSSR count). The number of amides is 2. The molecular formula is C29H31N5O3. The van der Waals surface area contributed by atoms with E-state index >= 15 is 0 Å². The Morgan fingerprint density at radius 2 is 1.78 bits per heavy atom. The summed E-state index contributed by atoms with van der Waals surface area (Å²) in [5.41, 5.74) is 3.64. The first-order valence-corrected chi connectivity index (χ1v) is 12.8. The molecule has 1 saturated carbocycles. The van der Waals surface area contributed by atoms with Crippen molar-refractivity contribution in [3.8, 4) is 5.75 Å². The monoisotopic (exact) mass is 497 g/mol. The molecule has 1 fully saturated rings. The van der Waals surface area contributed by atoms with Crippen molar-refractivity contribution in [2.75, 3.05) is 4.90 Å². The van der Waals surface area contributed by atoms with Crippen LogP contribution in [-0.4, -0.2) is 38.0 Å². The second kappa shape index (κ2) is 10.8. The van der Waals surface area contributed by atoms with Gasteiger partial charge in [-0.3, -0.25) is 14.5 Å². The molecule has 2 amide bonds. The Hall–Kier alpha value is -4.20. The molecule has 3 aromatic carbocycles. The maximum Gasteiger partial charge on any atom is 0.249 e. The molecular weight excluding hydrogens is 466 g/mol. The first kappa shape index (κ1) is 24.5. The number of phenolic OH excluding ortho intramolecular Hbond substituents is 1. The highest BCUT2D eigenvalue weighted by molar-refractivity contribution is 6.01. The fraction of sp³-hybridized carbons (Fsp3) is 0.310. The number of nitrogens with one attached hydrogen (secondary N) is 1. The Morgan fingerprint density at radius 1 is 1.03 bits per heavy atom. The highest BCUT2D eigenvalue weighted by Gasteiger charge is 2.34. The van der Waals surface area contributed by atoms with Crippen molar-refractivity contribution in [1.29, 1.82) is 0 Å².